The number of aromatic amines is 1. The maximum absolute atomic E-state index is 9.14. The Kier molecular flexibility index (Phi) is 3.76. The fourth-order valence-corrected chi connectivity index (χ4v) is 2.09. The van der Waals surface area contributed by atoms with Crippen molar-refractivity contribution in [1.29, 1.82) is 0 Å². The summed E-state index contributed by atoms with van der Waals surface area (Å²) < 4.78 is 10.7. The second-order valence-corrected chi connectivity index (χ2v) is 4.34. The molecule has 102 valence electrons. The molecule has 0 aliphatic rings. The third-order valence-corrected chi connectivity index (χ3v) is 3.06. The SMILES string of the molecule is COc1cc(-c2nc(CO)[nH]c2C)c(OC)cc1C. The van der Waals surface area contributed by atoms with Crippen LogP contribution in [0.4, 0.5) is 0 Å². The van der Waals surface area contributed by atoms with E-state index in [-0.39, 0.29) is 6.61 Å². The number of benzene rings is 1. The van der Waals surface area contributed by atoms with Crippen LogP contribution >= 0.6 is 0 Å². The van der Waals surface area contributed by atoms with Crippen molar-refractivity contribution < 1.29 is 14.6 Å². The number of imidazole rings is 1. The van der Waals surface area contributed by atoms with Crippen LogP contribution in [0.5, 0.6) is 11.5 Å². The average molecular weight is 262 g/mol. The number of ether oxygens (including phenoxy) is 2. The van der Waals surface area contributed by atoms with E-state index < -0.39 is 0 Å². The molecule has 0 radical (unpaired) electrons. The third-order valence-electron chi connectivity index (χ3n) is 3.06. The van der Waals surface area contributed by atoms with Gasteiger partial charge in [0, 0.05) is 11.3 Å². The van der Waals surface area contributed by atoms with Crippen LogP contribution in [-0.2, 0) is 6.61 Å². The van der Waals surface area contributed by atoms with Gasteiger partial charge in [0.15, 0.2) is 0 Å². The molecule has 0 saturated heterocycles. The van der Waals surface area contributed by atoms with Gasteiger partial charge in [-0.3, -0.25) is 0 Å². The molecular weight excluding hydrogens is 244 g/mol. The molecule has 19 heavy (non-hydrogen) atoms. The molecule has 2 rings (SSSR count). The minimum absolute atomic E-state index is 0.119. The van der Waals surface area contributed by atoms with E-state index in [9.17, 15) is 0 Å². The molecule has 0 aliphatic carbocycles. The minimum Gasteiger partial charge on any atom is -0.496 e. The van der Waals surface area contributed by atoms with Crippen molar-refractivity contribution in [3.05, 3.63) is 29.2 Å². The van der Waals surface area contributed by atoms with Gasteiger partial charge in [-0.15, -0.1) is 0 Å². The first-order valence-corrected chi connectivity index (χ1v) is 6.00. The summed E-state index contributed by atoms with van der Waals surface area (Å²) in [4.78, 5) is 7.41. The highest BCUT2D eigenvalue weighted by atomic mass is 16.5. The Bertz CT molecular complexity index is 591. The highest BCUT2D eigenvalue weighted by molar-refractivity contribution is 5.72. The largest absolute Gasteiger partial charge is 0.496 e. The fraction of sp³-hybridized carbons (Fsp3) is 0.357. The van der Waals surface area contributed by atoms with Crippen LogP contribution in [0.1, 0.15) is 17.1 Å². The molecule has 1 aromatic heterocycles. The van der Waals surface area contributed by atoms with E-state index in [2.05, 4.69) is 9.97 Å². The van der Waals surface area contributed by atoms with Crippen LogP contribution in [0.2, 0.25) is 0 Å². The van der Waals surface area contributed by atoms with Gasteiger partial charge in [0.2, 0.25) is 0 Å². The van der Waals surface area contributed by atoms with Gasteiger partial charge in [-0.05, 0) is 31.5 Å². The molecule has 0 amide bonds. The Morgan fingerprint density at radius 2 is 1.84 bits per heavy atom. The second kappa shape index (κ2) is 5.32. The molecule has 5 nitrogen and oxygen atoms in total. The topological polar surface area (TPSA) is 67.4 Å². The van der Waals surface area contributed by atoms with Gasteiger partial charge in [-0.25, -0.2) is 4.98 Å². The highest BCUT2D eigenvalue weighted by Gasteiger charge is 2.16. The van der Waals surface area contributed by atoms with E-state index in [1.54, 1.807) is 14.2 Å². The predicted octanol–water partition coefficient (Wildman–Crippen LogP) is 2.20. The first-order valence-electron chi connectivity index (χ1n) is 6.00. The van der Waals surface area contributed by atoms with Crippen LogP contribution < -0.4 is 9.47 Å². The number of methoxy groups -OCH3 is 2. The van der Waals surface area contributed by atoms with Gasteiger partial charge < -0.3 is 19.6 Å². The first-order chi connectivity index (χ1) is 9.10. The number of nitrogens with one attached hydrogen (secondary N) is 1. The minimum atomic E-state index is -0.119. The standard InChI is InChI=1S/C14H18N2O3/c1-8-5-12(19-4)10(6-11(8)18-3)14-9(2)15-13(7-17)16-14/h5-6,17H,7H2,1-4H3,(H,15,16). The number of H-pyrrole nitrogens is 1. The van der Waals surface area contributed by atoms with E-state index in [0.717, 1.165) is 34.0 Å². The number of hydrogen-bond donors (Lipinski definition) is 2. The maximum Gasteiger partial charge on any atom is 0.132 e. The summed E-state index contributed by atoms with van der Waals surface area (Å²) >= 11 is 0. The number of aliphatic hydroxyl groups is 1. The summed E-state index contributed by atoms with van der Waals surface area (Å²) in [6, 6.07) is 3.82. The summed E-state index contributed by atoms with van der Waals surface area (Å²) in [5.74, 6) is 2.05. The zero-order valence-electron chi connectivity index (χ0n) is 11.6. The summed E-state index contributed by atoms with van der Waals surface area (Å²) in [6.07, 6.45) is 0. The first kappa shape index (κ1) is 13.4. The zero-order valence-corrected chi connectivity index (χ0v) is 11.6. The molecule has 2 aromatic rings. The summed E-state index contributed by atoms with van der Waals surface area (Å²) in [6.45, 7) is 3.75. The summed E-state index contributed by atoms with van der Waals surface area (Å²) in [7, 11) is 3.26. The average Bonchev–Trinajstić information content (AvgIpc) is 2.79. The number of aryl methyl sites for hydroxylation is 2. The quantitative estimate of drug-likeness (QED) is 0.886. The Morgan fingerprint density at radius 3 is 2.37 bits per heavy atom. The normalized spacial score (nSPS) is 10.6. The van der Waals surface area contributed by atoms with Gasteiger partial charge in [-0.1, -0.05) is 0 Å². The molecular formula is C14H18N2O3. The van der Waals surface area contributed by atoms with Crippen LogP contribution in [0.25, 0.3) is 11.3 Å². The van der Waals surface area contributed by atoms with Gasteiger partial charge in [-0.2, -0.15) is 0 Å². The molecule has 0 bridgehead atoms. The molecule has 0 spiro atoms. The molecule has 1 heterocycles. The van der Waals surface area contributed by atoms with Crippen molar-refractivity contribution in [2.24, 2.45) is 0 Å². The van der Waals surface area contributed by atoms with Gasteiger partial charge in [0.05, 0.1) is 19.9 Å². The van der Waals surface area contributed by atoms with Gasteiger partial charge in [0.1, 0.15) is 23.9 Å². The van der Waals surface area contributed by atoms with Crippen molar-refractivity contribution >= 4 is 0 Å². The second-order valence-electron chi connectivity index (χ2n) is 4.34. The Morgan fingerprint density at radius 1 is 1.16 bits per heavy atom. The molecule has 2 N–H and O–H groups in total. The smallest absolute Gasteiger partial charge is 0.132 e. The van der Waals surface area contributed by atoms with E-state index in [1.165, 1.54) is 0 Å². The maximum atomic E-state index is 9.14. The van der Waals surface area contributed by atoms with Crippen LogP contribution in [-0.4, -0.2) is 29.3 Å². The molecule has 0 aliphatic heterocycles. The van der Waals surface area contributed by atoms with Crippen molar-refractivity contribution in [3.8, 4) is 22.8 Å². The van der Waals surface area contributed by atoms with Crippen molar-refractivity contribution in [3.63, 3.8) is 0 Å². The van der Waals surface area contributed by atoms with E-state index in [0.29, 0.717) is 5.82 Å². The fourth-order valence-electron chi connectivity index (χ4n) is 2.09. The summed E-state index contributed by atoms with van der Waals surface area (Å²) in [5.41, 5.74) is 3.49. The molecule has 5 heteroatoms. The van der Waals surface area contributed by atoms with Crippen molar-refractivity contribution in [1.82, 2.24) is 9.97 Å². The van der Waals surface area contributed by atoms with Crippen molar-refractivity contribution in [2.45, 2.75) is 20.5 Å². The Hall–Kier alpha value is -2.01. The Labute approximate surface area is 112 Å². The van der Waals surface area contributed by atoms with Crippen LogP contribution in [0.15, 0.2) is 12.1 Å². The number of hydrogen-bond acceptors (Lipinski definition) is 4. The van der Waals surface area contributed by atoms with Gasteiger partial charge in [0.25, 0.3) is 0 Å². The number of rotatable bonds is 4. The van der Waals surface area contributed by atoms with Crippen LogP contribution in [0.3, 0.4) is 0 Å². The number of aliphatic hydroxyl groups excluding tert-OH is 1. The van der Waals surface area contributed by atoms with E-state index >= 15 is 0 Å². The molecule has 0 fully saturated rings. The summed E-state index contributed by atoms with van der Waals surface area (Å²) in [5, 5.41) is 9.14. The molecule has 1 aromatic carbocycles. The molecule has 0 saturated carbocycles. The van der Waals surface area contributed by atoms with Gasteiger partial charge >= 0.3 is 0 Å². The highest BCUT2D eigenvalue weighted by Crippen LogP contribution is 2.36. The monoisotopic (exact) mass is 262 g/mol. The predicted molar refractivity (Wildman–Crippen MR) is 72.5 cm³/mol. The molecule has 0 unspecified atom stereocenters. The van der Waals surface area contributed by atoms with E-state index in [1.807, 2.05) is 26.0 Å². The lowest BCUT2D eigenvalue weighted by molar-refractivity contribution is 0.272. The lowest BCUT2D eigenvalue weighted by Crippen LogP contribution is -1.94. The lowest BCUT2D eigenvalue weighted by Gasteiger charge is -2.12. The Balaban J connectivity index is 2.62. The number of nitrogens with zero attached hydrogens (tertiary/aromatic N) is 1. The van der Waals surface area contributed by atoms with E-state index in [4.69, 9.17) is 14.6 Å². The van der Waals surface area contributed by atoms with Crippen molar-refractivity contribution in [2.75, 3.05) is 14.2 Å². The third kappa shape index (κ3) is 2.42. The lowest BCUT2D eigenvalue weighted by atomic mass is 10.1. The zero-order chi connectivity index (χ0) is 14.0. The molecule has 0 atom stereocenters. The number of aromatic nitrogens is 2. The van der Waals surface area contributed by atoms with Crippen LogP contribution in [0, 0.1) is 13.8 Å².